The number of benzene rings is 1. The monoisotopic (exact) mass is 804 g/mol. The van der Waals surface area contributed by atoms with Gasteiger partial charge in [0.05, 0.1) is 29.6 Å². The van der Waals surface area contributed by atoms with Gasteiger partial charge in [0.1, 0.15) is 34.7 Å². The smallest absolute Gasteiger partial charge is 0.315 e. The van der Waals surface area contributed by atoms with E-state index in [1.807, 2.05) is 51.1 Å². The second-order valence-corrected chi connectivity index (χ2v) is 20.8. The number of aromatic nitrogens is 1. The summed E-state index contributed by atoms with van der Waals surface area (Å²) in [4.78, 5) is 63.6. The van der Waals surface area contributed by atoms with Crippen LogP contribution in [0.3, 0.4) is 0 Å². The molecular formula is C42H56N6O8S. The Kier molecular flexibility index (Phi) is 9.79. The number of methoxy groups -OCH3 is 1. The summed E-state index contributed by atoms with van der Waals surface area (Å²) in [5.41, 5.74) is -0.241. The first kappa shape index (κ1) is 39.4. The Morgan fingerprint density at radius 1 is 1.05 bits per heavy atom. The number of nitrogens with one attached hydrogen (secondary N) is 4. The molecule has 4 N–H and O–H groups in total. The van der Waals surface area contributed by atoms with Crippen LogP contribution >= 0.6 is 0 Å². The topological polar surface area (TPSA) is 185 Å². The first-order chi connectivity index (χ1) is 27.0. The van der Waals surface area contributed by atoms with Gasteiger partial charge >= 0.3 is 6.03 Å². The highest BCUT2D eigenvalue weighted by atomic mass is 32.2. The van der Waals surface area contributed by atoms with Crippen LogP contribution in [0.1, 0.15) is 122 Å². The van der Waals surface area contributed by atoms with Crippen LogP contribution in [0.5, 0.6) is 11.5 Å². The minimum Gasteiger partial charge on any atom is -0.497 e. The lowest BCUT2D eigenvalue weighted by Gasteiger charge is -2.37. The maximum Gasteiger partial charge on any atom is 0.315 e. The number of carbonyl (C=O) groups excluding carboxylic acids is 4. The highest BCUT2D eigenvalue weighted by Gasteiger charge is 2.64. The molecule has 4 fully saturated rings. The lowest BCUT2D eigenvalue weighted by Crippen LogP contribution is -2.59. The van der Waals surface area contributed by atoms with E-state index in [0.717, 1.165) is 47.8 Å². The van der Waals surface area contributed by atoms with Crippen molar-refractivity contribution in [3.63, 3.8) is 0 Å². The summed E-state index contributed by atoms with van der Waals surface area (Å²) in [6, 6.07) is 3.36. The summed E-state index contributed by atoms with van der Waals surface area (Å²) < 4.78 is 40.5. The Labute approximate surface area is 334 Å². The van der Waals surface area contributed by atoms with E-state index < -0.39 is 73.2 Å². The molecule has 5 atom stereocenters. The van der Waals surface area contributed by atoms with Crippen molar-refractivity contribution in [1.29, 1.82) is 0 Å². The lowest BCUT2D eigenvalue weighted by molar-refractivity contribution is -0.141. The Morgan fingerprint density at radius 3 is 2.53 bits per heavy atom. The van der Waals surface area contributed by atoms with Crippen molar-refractivity contribution in [2.24, 2.45) is 5.92 Å². The average Bonchev–Trinajstić information content (AvgIpc) is 4.08. The highest BCUT2D eigenvalue weighted by Crippen LogP contribution is 2.52. The molecule has 8 rings (SSSR count). The molecule has 1 aromatic carbocycles. The maximum atomic E-state index is 14.9. The van der Waals surface area contributed by atoms with Gasteiger partial charge in [-0.05, 0) is 110 Å². The van der Waals surface area contributed by atoms with Crippen molar-refractivity contribution in [1.82, 2.24) is 30.6 Å². The summed E-state index contributed by atoms with van der Waals surface area (Å²) in [6.45, 7) is 7.27. The quantitative estimate of drug-likeness (QED) is 0.302. The summed E-state index contributed by atoms with van der Waals surface area (Å²) in [5, 5.41) is 9.75. The number of allylic oxidation sites excluding steroid dienone is 1. The van der Waals surface area contributed by atoms with Crippen LogP contribution in [0.4, 0.5) is 4.79 Å². The van der Waals surface area contributed by atoms with Gasteiger partial charge in [-0.25, -0.2) is 18.2 Å². The molecular weight excluding hydrogens is 749 g/mol. The summed E-state index contributed by atoms with van der Waals surface area (Å²) in [5.74, 6) is -0.499. The van der Waals surface area contributed by atoms with Crippen molar-refractivity contribution < 1.29 is 37.1 Å². The number of aryl methyl sites for hydroxylation is 1. The SMILES string of the molecule is COc1ccc2nc(C3CC3)c3c(c2c1)CC[C@]1(C[C@H]2C(=O)N[C@]4(C(=O)NS(=O)(=O)C5(C)CC5)C[C@H]4/C=C\CCCCC[C@H](NC(=O)NC(C)(C)C)C(=O)N2C1)O3. The molecule has 5 amide bonds. The molecule has 0 radical (unpaired) electrons. The van der Waals surface area contributed by atoms with Crippen molar-refractivity contribution in [2.75, 3.05) is 13.7 Å². The minimum absolute atomic E-state index is 0.0813. The first-order valence-electron chi connectivity index (χ1n) is 20.6. The molecule has 57 heavy (non-hydrogen) atoms. The number of hydrogen-bond donors (Lipinski definition) is 4. The molecule has 1 aromatic heterocycles. The molecule has 3 saturated carbocycles. The molecule has 6 aliphatic rings. The molecule has 4 heterocycles. The number of carbonyl (C=O) groups is 4. The van der Waals surface area contributed by atoms with Gasteiger partial charge in [0.25, 0.3) is 5.91 Å². The number of pyridine rings is 1. The van der Waals surface area contributed by atoms with E-state index in [2.05, 4.69) is 20.7 Å². The molecule has 308 valence electrons. The van der Waals surface area contributed by atoms with E-state index in [1.165, 1.54) is 4.90 Å². The second-order valence-electron chi connectivity index (χ2n) is 18.6. The number of amides is 5. The number of ether oxygens (including phenoxy) is 2. The Hall–Kier alpha value is -4.40. The summed E-state index contributed by atoms with van der Waals surface area (Å²) in [6.07, 6.45) is 11.6. The minimum atomic E-state index is -3.98. The fourth-order valence-electron chi connectivity index (χ4n) is 8.83. The van der Waals surface area contributed by atoms with Crippen LogP contribution in [0, 0.1) is 5.92 Å². The van der Waals surface area contributed by atoms with Crippen LogP contribution in [0.15, 0.2) is 30.4 Å². The van der Waals surface area contributed by atoms with E-state index in [4.69, 9.17) is 14.5 Å². The van der Waals surface area contributed by atoms with Crippen LogP contribution in [0.2, 0.25) is 0 Å². The number of hydrogen-bond acceptors (Lipinski definition) is 9. The van der Waals surface area contributed by atoms with E-state index >= 15 is 0 Å². The standard InChI is InChI=1S/C42H56N6O8S/c1-39(2,3)46-38(52)44-31-12-10-8-6-7-9-11-26-22-42(26,37(51)47-57(53,54)40(4)19-20-40)45-35(49)32-23-41(24-48(32)36(31)50)18-17-28-29-21-27(55-5)15-16-30(29)43-33(25-13-14-25)34(28)56-41/h9,11,15-16,21,25-26,31-32H,6-8,10,12-14,17-20,22-24H2,1-5H3,(H,45,49)(H,47,51)(H2,44,46,52)/b11-9-/t26-,31+,32+,41-,42-/m1/s1. The van der Waals surface area contributed by atoms with Crippen LogP contribution in [0.25, 0.3) is 10.9 Å². The molecule has 3 aliphatic carbocycles. The third-order valence-electron chi connectivity index (χ3n) is 12.8. The largest absolute Gasteiger partial charge is 0.497 e. The van der Waals surface area contributed by atoms with E-state index in [1.54, 1.807) is 14.0 Å². The Balaban J connectivity index is 1.15. The third-order valence-corrected chi connectivity index (χ3v) is 15.0. The molecule has 0 unspecified atom stereocenters. The van der Waals surface area contributed by atoms with Gasteiger partial charge in [0.2, 0.25) is 21.8 Å². The molecule has 3 aliphatic heterocycles. The molecule has 14 nitrogen and oxygen atoms in total. The number of urea groups is 1. The second kappa shape index (κ2) is 14.2. The number of sulfonamides is 1. The van der Waals surface area contributed by atoms with Crippen molar-refractivity contribution in [3.05, 3.63) is 41.6 Å². The Bertz CT molecular complexity index is 2140. The number of nitrogens with zero attached hydrogens (tertiary/aromatic N) is 2. The molecule has 0 bridgehead atoms. The zero-order chi connectivity index (χ0) is 40.5. The fraction of sp³-hybridized carbons (Fsp3) is 0.643. The van der Waals surface area contributed by atoms with Gasteiger partial charge in [-0.1, -0.05) is 25.0 Å². The maximum absolute atomic E-state index is 14.9. The first-order valence-corrected chi connectivity index (χ1v) is 22.1. The fourth-order valence-corrected chi connectivity index (χ4v) is 10.1. The van der Waals surface area contributed by atoms with Gasteiger partial charge in [0, 0.05) is 34.7 Å². The van der Waals surface area contributed by atoms with Gasteiger partial charge in [-0.3, -0.25) is 19.1 Å². The highest BCUT2D eigenvalue weighted by molar-refractivity contribution is 7.91. The number of fused-ring (bicyclic) bond motifs is 5. The lowest BCUT2D eigenvalue weighted by atomic mass is 9.86. The van der Waals surface area contributed by atoms with Crippen LogP contribution in [-0.4, -0.2) is 89.2 Å². The zero-order valence-electron chi connectivity index (χ0n) is 33.7. The van der Waals surface area contributed by atoms with Gasteiger partial charge < -0.3 is 30.3 Å². The van der Waals surface area contributed by atoms with Crippen molar-refractivity contribution in [2.45, 2.75) is 151 Å². The number of rotatable bonds is 6. The summed E-state index contributed by atoms with van der Waals surface area (Å²) in [7, 11) is -2.36. The van der Waals surface area contributed by atoms with Crippen LogP contribution < -0.4 is 30.1 Å². The van der Waals surface area contributed by atoms with Gasteiger partial charge in [0.15, 0.2) is 0 Å². The molecule has 1 saturated heterocycles. The molecule has 2 aromatic rings. The summed E-state index contributed by atoms with van der Waals surface area (Å²) >= 11 is 0. The van der Waals surface area contributed by atoms with Crippen LogP contribution in [-0.2, 0) is 30.8 Å². The van der Waals surface area contributed by atoms with Gasteiger partial charge in [-0.15, -0.1) is 0 Å². The van der Waals surface area contributed by atoms with Gasteiger partial charge in [-0.2, -0.15) is 0 Å². The zero-order valence-corrected chi connectivity index (χ0v) is 34.5. The predicted octanol–water partition coefficient (Wildman–Crippen LogP) is 4.65. The van der Waals surface area contributed by atoms with E-state index in [-0.39, 0.29) is 25.3 Å². The normalized spacial score (nSPS) is 30.3. The van der Waals surface area contributed by atoms with Crippen molar-refractivity contribution in [3.8, 4) is 11.5 Å². The third kappa shape index (κ3) is 7.68. The predicted molar refractivity (Wildman–Crippen MR) is 213 cm³/mol. The van der Waals surface area contributed by atoms with E-state index in [0.29, 0.717) is 56.4 Å². The Morgan fingerprint density at radius 2 is 1.82 bits per heavy atom. The van der Waals surface area contributed by atoms with Crippen molar-refractivity contribution >= 4 is 44.7 Å². The van der Waals surface area contributed by atoms with E-state index in [9.17, 15) is 27.6 Å². The molecule has 15 heteroatoms. The average molecular weight is 805 g/mol. The molecule has 1 spiro atoms.